The largest absolute Gasteiger partial charge is 0.398 e. The third-order valence-electron chi connectivity index (χ3n) is 5.04. The Labute approximate surface area is 150 Å². The predicted molar refractivity (Wildman–Crippen MR) is 109 cm³/mol. The summed E-state index contributed by atoms with van der Waals surface area (Å²) in [7, 11) is 0. The number of anilines is 1. The SMILES string of the molecule is C=Cc1ccc(N)c(C(=N)/C=C/c2ccc3c(c2)CCCC3)c1CC. The number of aryl methyl sites for hydroxylation is 2. The zero-order chi connectivity index (χ0) is 17.8. The average Bonchev–Trinajstić information content (AvgIpc) is 2.65. The Balaban J connectivity index is 1.90. The number of nitrogens with one attached hydrogen (secondary N) is 1. The summed E-state index contributed by atoms with van der Waals surface area (Å²) in [4.78, 5) is 0. The van der Waals surface area contributed by atoms with Crippen LogP contribution < -0.4 is 5.73 Å². The Morgan fingerprint density at radius 3 is 2.64 bits per heavy atom. The van der Waals surface area contributed by atoms with Gasteiger partial charge in [0.25, 0.3) is 0 Å². The molecule has 0 aromatic heterocycles. The van der Waals surface area contributed by atoms with Gasteiger partial charge in [-0.1, -0.05) is 49.9 Å². The van der Waals surface area contributed by atoms with Crippen molar-refractivity contribution in [3.63, 3.8) is 0 Å². The molecular formula is C23H26N2. The van der Waals surface area contributed by atoms with Gasteiger partial charge in [0, 0.05) is 11.3 Å². The van der Waals surface area contributed by atoms with E-state index in [4.69, 9.17) is 11.1 Å². The van der Waals surface area contributed by atoms with E-state index < -0.39 is 0 Å². The predicted octanol–water partition coefficient (Wildman–Crippen LogP) is 5.43. The number of rotatable bonds is 5. The summed E-state index contributed by atoms with van der Waals surface area (Å²) in [6.07, 6.45) is 11.5. The number of benzene rings is 2. The number of hydrogen-bond acceptors (Lipinski definition) is 2. The minimum atomic E-state index is 0.454. The van der Waals surface area contributed by atoms with E-state index in [9.17, 15) is 0 Å². The van der Waals surface area contributed by atoms with E-state index in [0.29, 0.717) is 11.4 Å². The fourth-order valence-corrected chi connectivity index (χ4v) is 3.69. The van der Waals surface area contributed by atoms with Crippen molar-refractivity contribution in [3.8, 4) is 0 Å². The Morgan fingerprint density at radius 2 is 1.92 bits per heavy atom. The first-order chi connectivity index (χ1) is 12.1. The van der Waals surface area contributed by atoms with Crippen LogP contribution in [0.4, 0.5) is 5.69 Å². The van der Waals surface area contributed by atoms with Gasteiger partial charge in [-0.15, -0.1) is 0 Å². The van der Waals surface area contributed by atoms with Crippen LogP contribution in [0.3, 0.4) is 0 Å². The molecule has 2 aromatic carbocycles. The fourth-order valence-electron chi connectivity index (χ4n) is 3.69. The topological polar surface area (TPSA) is 49.9 Å². The second-order valence-corrected chi connectivity index (χ2v) is 6.64. The quantitative estimate of drug-likeness (QED) is 0.557. The monoisotopic (exact) mass is 330 g/mol. The molecule has 2 nitrogen and oxygen atoms in total. The molecule has 3 N–H and O–H groups in total. The minimum Gasteiger partial charge on any atom is -0.398 e. The first kappa shape index (κ1) is 17.2. The van der Waals surface area contributed by atoms with Crippen molar-refractivity contribution in [1.29, 1.82) is 5.41 Å². The molecule has 0 radical (unpaired) electrons. The van der Waals surface area contributed by atoms with Gasteiger partial charge < -0.3 is 11.1 Å². The molecule has 25 heavy (non-hydrogen) atoms. The van der Waals surface area contributed by atoms with Gasteiger partial charge in [0.15, 0.2) is 0 Å². The number of nitrogen functional groups attached to an aromatic ring is 1. The highest BCUT2D eigenvalue weighted by Gasteiger charge is 2.12. The summed E-state index contributed by atoms with van der Waals surface area (Å²) in [6, 6.07) is 10.5. The molecular weight excluding hydrogens is 304 g/mol. The van der Waals surface area contributed by atoms with Crippen molar-refractivity contribution in [2.24, 2.45) is 0 Å². The fraction of sp³-hybridized carbons (Fsp3) is 0.261. The molecule has 0 saturated heterocycles. The molecule has 3 rings (SSSR count). The van der Waals surface area contributed by atoms with Gasteiger partial charge in [-0.25, -0.2) is 0 Å². The van der Waals surface area contributed by atoms with Crippen molar-refractivity contribution in [2.75, 3.05) is 5.73 Å². The molecule has 0 unspecified atom stereocenters. The van der Waals surface area contributed by atoms with Gasteiger partial charge in [0.05, 0.1) is 5.71 Å². The van der Waals surface area contributed by atoms with Crippen LogP contribution in [0.1, 0.15) is 53.1 Å². The second kappa shape index (κ2) is 7.52. The maximum Gasteiger partial charge on any atom is 0.0636 e. The lowest BCUT2D eigenvalue weighted by molar-refractivity contribution is 0.685. The lowest BCUT2D eigenvalue weighted by Gasteiger charge is -2.16. The standard InChI is InChI=1S/C23H26N2/c1-3-17-12-14-22(25)23(20(17)4-2)21(24)13-10-16-9-11-18-7-5-6-8-19(18)15-16/h3,9-15,24H,1,4-8,25H2,2H3/b13-10+,24-21?. The molecule has 2 aromatic rings. The van der Waals surface area contributed by atoms with E-state index in [1.54, 1.807) is 0 Å². The molecule has 0 heterocycles. The summed E-state index contributed by atoms with van der Waals surface area (Å²) in [5, 5.41) is 8.52. The third-order valence-corrected chi connectivity index (χ3v) is 5.04. The molecule has 0 atom stereocenters. The van der Waals surface area contributed by atoms with E-state index in [1.165, 1.54) is 36.8 Å². The van der Waals surface area contributed by atoms with E-state index in [0.717, 1.165) is 28.7 Å². The van der Waals surface area contributed by atoms with E-state index in [2.05, 4.69) is 31.7 Å². The normalized spacial score (nSPS) is 13.6. The van der Waals surface area contributed by atoms with Crippen LogP contribution in [-0.2, 0) is 19.3 Å². The molecule has 2 heteroatoms. The molecule has 0 spiro atoms. The van der Waals surface area contributed by atoms with Crippen LogP contribution in [-0.4, -0.2) is 5.71 Å². The van der Waals surface area contributed by atoms with E-state index >= 15 is 0 Å². The summed E-state index contributed by atoms with van der Waals surface area (Å²) < 4.78 is 0. The van der Waals surface area contributed by atoms with Crippen LogP contribution in [0, 0.1) is 5.41 Å². The summed E-state index contributed by atoms with van der Waals surface area (Å²) in [5.74, 6) is 0. The zero-order valence-electron chi connectivity index (χ0n) is 14.9. The lowest BCUT2D eigenvalue weighted by Crippen LogP contribution is -2.07. The first-order valence-electron chi connectivity index (χ1n) is 9.06. The molecule has 0 bridgehead atoms. The molecule has 0 saturated carbocycles. The summed E-state index contributed by atoms with van der Waals surface area (Å²) in [5.41, 5.74) is 14.4. The molecule has 0 aliphatic heterocycles. The summed E-state index contributed by atoms with van der Waals surface area (Å²) >= 11 is 0. The van der Waals surface area contributed by atoms with Crippen LogP contribution in [0.15, 0.2) is 43.0 Å². The molecule has 0 amide bonds. The van der Waals surface area contributed by atoms with Gasteiger partial charge in [-0.3, -0.25) is 0 Å². The minimum absolute atomic E-state index is 0.454. The van der Waals surface area contributed by atoms with Crippen LogP contribution in [0.25, 0.3) is 12.2 Å². The average molecular weight is 330 g/mol. The molecule has 0 fully saturated rings. The van der Waals surface area contributed by atoms with Crippen molar-refractivity contribution in [2.45, 2.75) is 39.0 Å². The highest BCUT2D eigenvalue weighted by atomic mass is 14.6. The van der Waals surface area contributed by atoms with Crippen molar-refractivity contribution in [1.82, 2.24) is 0 Å². The second-order valence-electron chi connectivity index (χ2n) is 6.64. The molecule has 1 aliphatic rings. The Morgan fingerprint density at radius 1 is 1.16 bits per heavy atom. The molecule has 128 valence electrons. The van der Waals surface area contributed by atoms with E-state index in [-0.39, 0.29) is 0 Å². The highest BCUT2D eigenvalue weighted by molar-refractivity contribution is 6.13. The number of allylic oxidation sites excluding steroid dienone is 1. The Hall–Kier alpha value is -2.61. The Kier molecular flexibility index (Phi) is 5.18. The number of nitrogens with two attached hydrogens (primary N) is 1. The van der Waals surface area contributed by atoms with Crippen LogP contribution in [0.5, 0.6) is 0 Å². The van der Waals surface area contributed by atoms with Crippen molar-refractivity contribution >= 4 is 23.6 Å². The maximum absolute atomic E-state index is 8.52. The highest BCUT2D eigenvalue weighted by Crippen LogP contribution is 2.25. The number of hydrogen-bond donors (Lipinski definition) is 2. The van der Waals surface area contributed by atoms with Gasteiger partial charge >= 0.3 is 0 Å². The van der Waals surface area contributed by atoms with Crippen molar-refractivity contribution in [3.05, 3.63) is 76.4 Å². The van der Waals surface area contributed by atoms with E-state index in [1.807, 2.05) is 30.4 Å². The van der Waals surface area contributed by atoms with Gasteiger partial charge in [-0.2, -0.15) is 0 Å². The first-order valence-corrected chi connectivity index (χ1v) is 9.06. The summed E-state index contributed by atoms with van der Waals surface area (Å²) in [6.45, 7) is 5.96. The zero-order valence-corrected chi connectivity index (χ0v) is 14.9. The van der Waals surface area contributed by atoms with Crippen molar-refractivity contribution < 1.29 is 0 Å². The lowest BCUT2D eigenvalue weighted by atomic mass is 9.90. The van der Waals surface area contributed by atoms with Gasteiger partial charge in [0.1, 0.15) is 0 Å². The third kappa shape index (κ3) is 3.58. The molecule has 1 aliphatic carbocycles. The van der Waals surface area contributed by atoms with Crippen LogP contribution >= 0.6 is 0 Å². The van der Waals surface area contributed by atoms with Gasteiger partial charge in [-0.05, 0) is 72.1 Å². The number of fused-ring (bicyclic) bond motifs is 1. The smallest absolute Gasteiger partial charge is 0.0636 e. The van der Waals surface area contributed by atoms with Crippen LogP contribution in [0.2, 0.25) is 0 Å². The van der Waals surface area contributed by atoms with Gasteiger partial charge in [0.2, 0.25) is 0 Å². The maximum atomic E-state index is 8.52. The Bertz CT molecular complexity index is 843.